The molecule has 0 saturated carbocycles. The molecule has 0 spiro atoms. The smallest absolute Gasteiger partial charge is 0.337 e. The quantitative estimate of drug-likeness (QED) is 0.618. The number of hydrogen-bond acceptors (Lipinski definition) is 5. The summed E-state index contributed by atoms with van der Waals surface area (Å²) in [7, 11) is 2.97. The fraction of sp³-hybridized carbons (Fsp3) is 0.235. The first-order chi connectivity index (χ1) is 11.9. The number of methoxy groups -OCH3 is 1. The molecule has 0 N–H and O–H groups in total. The van der Waals surface area contributed by atoms with Gasteiger partial charge in [-0.2, -0.15) is 4.31 Å². The van der Waals surface area contributed by atoms with Crippen LogP contribution in [0.2, 0.25) is 0 Å². The average molecular weight is 366 g/mol. The molecule has 5 nitrogen and oxygen atoms in total. The molecule has 0 fully saturated rings. The maximum atomic E-state index is 13.5. The summed E-state index contributed by atoms with van der Waals surface area (Å²) in [5.74, 6) is -1.91. The van der Waals surface area contributed by atoms with E-state index < -0.39 is 29.2 Å². The summed E-state index contributed by atoms with van der Waals surface area (Å²) in [6.45, 7) is 0.459. The molecule has 25 heavy (non-hydrogen) atoms. The van der Waals surface area contributed by atoms with Crippen LogP contribution in [0.1, 0.15) is 21.5 Å². The Balaban J connectivity index is 2.01. The Hall–Kier alpha value is -2.16. The first-order valence-corrected chi connectivity index (χ1v) is 8.52. The minimum Gasteiger partial charge on any atom is -0.573 e. The van der Waals surface area contributed by atoms with E-state index in [1.165, 1.54) is 23.5 Å². The third kappa shape index (κ3) is 3.60. The Morgan fingerprint density at radius 3 is 2.56 bits per heavy atom. The van der Waals surface area contributed by atoms with Crippen molar-refractivity contribution in [2.24, 2.45) is 0 Å². The zero-order valence-corrected chi connectivity index (χ0v) is 14.5. The van der Waals surface area contributed by atoms with E-state index >= 15 is 0 Å². The highest BCUT2D eigenvalue weighted by Crippen LogP contribution is 2.34. The number of carbonyl (C=O) groups excluding carboxylic acids is 1. The monoisotopic (exact) mass is 366 g/mol. The maximum absolute atomic E-state index is 13.5. The fourth-order valence-electron chi connectivity index (χ4n) is 2.73. The Morgan fingerprint density at radius 1 is 1.24 bits per heavy atom. The second-order valence-electron chi connectivity index (χ2n) is 5.67. The lowest BCUT2D eigenvalue weighted by atomic mass is 10.1. The van der Waals surface area contributed by atoms with Crippen LogP contribution in [0.4, 0.5) is 14.5 Å². The van der Waals surface area contributed by atoms with Gasteiger partial charge in [0.2, 0.25) is 0 Å². The van der Waals surface area contributed by atoms with Crippen LogP contribution in [0.15, 0.2) is 36.4 Å². The number of ether oxygens (including phenoxy) is 1. The number of carbonyl (C=O) groups is 1. The summed E-state index contributed by atoms with van der Waals surface area (Å²) in [6.07, 6.45) is 0. The molecule has 1 aliphatic heterocycles. The Kier molecular flexibility index (Phi) is 4.94. The molecule has 0 saturated heterocycles. The molecule has 132 valence electrons. The fourth-order valence-corrected chi connectivity index (χ4v) is 3.91. The van der Waals surface area contributed by atoms with Gasteiger partial charge in [0.15, 0.2) is 11.5 Å². The SMILES string of the molecule is COC(=O)c1ccc2c(c1)N(Cc1cc(F)cc(F)c1)[S+]([O-])N(C)C2. The standard InChI is InChI=1S/C17H16F2N2O3S/c1-20-10-13-4-3-12(17(22)24-2)7-16(13)21(25(20)23)9-11-5-14(18)8-15(19)6-11/h3-8H,9-10H2,1-2H3. The van der Waals surface area contributed by atoms with Crippen molar-refractivity contribution in [3.63, 3.8) is 0 Å². The molecule has 0 bridgehead atoms. The summed E-state index contributed by atoms with van der Waals surface area (Å²) in [4.78, 5) is 11.8. The van der Waals surface area contributed by atoms with Gasteiger partial charge in [-0.05, 0) is 35.4 Å². The molecule has 8 heteroatoms. The van der Waals surface area contributed by atoms with E-state index in [0.29, 0.717) is 23.4 Å². The first kappa shape index (κ1) is 17.7. The van der Waals surface area contributed by atoms with Crippen molar-refractivity contribution in [1.82, 2.24) is 4.31 Å². The molecule has 0 amide bonds. The Labute approximate surface area is 147 Å². The maximum Gasteiger partial charge on any atom is 0.337 e. The van der Waals surface area contributed by atoms with Gasteiger partial charge in [0.05, 0.1) is 31.5 Å². The Morgan fingerprint density at radius 2 is 1.92 bits per heavy atom. The molecular formula is C17H16F2N2O3S. The van der Waals surface area contributed by atoms with Gasteiger partial charge in [0.25, 0.3) is 0 Å². The summed E-state index contributed by atoms with van der Waals surface area (Å²) in [6, 6.07) is 8.14. The predicted octanol–water partition coefficient (Wildman–Crippen LogP) is 2.78. The summed E-state index contributed by atoms with van der Waals surface area (Å²) in [5, 5.41) is 0. The first-order valence-electron chi connectivity index (χ1n) is 7.46. The van der Waals surface area contributed by atoms with Crippen molar-refractivity contribution in [3.05, 3.63) is 64.7 Å². The summed E-state index contributed by atoms with van der Waals surface area (Å²) in [5.41, 5.74) is 2.09. The van der Waals surface area contributed by atoms with Gasteiger partial charge >= 0.3 is 5.97 Å². The number of halogens is 2. The van der Waals surface area contributed by atoms with Crippen molar-refractivity contribution < 1.29 is 22.9 Å². The largest absolute Gasteiger partial charge is 0.573 e. The molecule has 2 aromatic rings. The van der Waals surface area contributed by atoms with E-state index in [1.807, 2.05) is 0 Å². The lowest BCUT2D eigenvalue weighted by Gasteiger charge is -2.35. The highest BCUT2D eigenvalue weighted by Gasteiger charge is 2.34. The van der Waals surface area contributed by atoms with E-state index in [0.717, 1.165) is 11.6 Å². The molecule has 3 rings (SSSR count). The van der Waals surface area contributed by atoms with Crippen molar-refractivity contribution in [3.8, 4) is 0 Å². The Bertz CT molecular complexity index is 798. The third-order valence-electron chi connectivity index (χ3n) is 3.87. The molecule has 0 aromatic heterocycles. The van der Waals surface area contributed by atoms with Gasteiger partial charge in [-0.3, -0.25) is 0 Å². The van der Waals surface area contributed by atoms with Crippen LogP contribution in [0.25, 0.3) is 0 Å². The normalized spacial score (nSPS) is 17.3. The van der Waals surface area contributed by atoms with Crippen molar-refractivity contribution in [2.45, 2.75) is 13.1 Å². The van der Waals surface area contributed by atoms with Gasteiger partial charge in [0.1, 0.15) is 11.6 Å². The lowest BCUT2D eigenvalue weighted by Crippen LogP contribution is -2.45. The van der Waals surface area contributed by atoms with Crippen LogP contribution in [-0.4, -0.2) is 29.0 Å². The van der Waals surface area contributed by atoms with Gasteiger partial charge in [-0.1, -0.05) is 6.07 Å². The topological polar surface area (TPSA) is 55.8 Å². The van der Waals surface area contributed by atoms with Crippen LogP contribution < -0.4 is 4.31 Å². The highest BCUT2D eigenvalue weighted by molar-refractivity contribution is 7.90. The molecule has 1 unspecified atom stereocenters. The van der Waals surface area contributed by atoms with E-state index in [9.17, 15) is 18.1 Å². The molecule has 1 atom stereocenters. The molecule has 0 radical (unpaired) electrons. The minimum absolute atomic E-state index is 0.0310. The zero-order valence-electron chi connectivity index (χ0n) is 13.7. The molecular weight excluding hydrogens is 350 g/mol. The van der Waals surface area contributed by atoms with Crippen molar-refractivity contribution >= 4 is 23.2 Å². The molecule has 1 heterocycles. The van der Waals surface area contributed by atoms with Gasteiger partial charge < -0.3 is 9.29 Å². The van der Waals surface area contributed by atoms with Crippen molar-refractivity contribution in [1.29, 1.82) is 0 Å². The van der Waals surface area contributed by atoms with Crippen LogP contribution in [0.3, 0.4) is 0 Å². The third-order valence-corrected chi connectivity index (χ3v) is 5.24. The van der Waals surface area contributed by atoms with Gasteiger partial charge in [-0.25, -0.2) is 13.6 Å². The number of rotatable bonds is 3. The second-order valence-corrected chi connectivity index (χ2v) is 7.19. The minimum atomic E-state index is -1.55. The summed E-state index contributed by atoms with van der Waals surface area (Å²) >= 11 is -1.55. The van der Waals surface area contributed by atoms with E-state index in [1.54, 1.807) is 29.6 Å². The zero-order chi connectivity index (χ0) is 18.1. The van der Waals surface area contributed by atoms with Crippen LogP contribution in [0.5, 0.6) is 0 Å². The van der Waals surface area contributed by atoms with Crippen LogP contribution >= 0.6 is 0 Å². The van der Waals surface area contributed by atoms with E-state index in [-0.39, 0.29) is 6.54 Å². The lowest BCUT2D eigenvalue weighted by molar-refractivity contribution is 0.0600. The summed E-state index contributed by atoms with van der Waals surface area (Å²) < 4.78 is 47.4. The van der Waals surface area contributed by atoms with Gasteiger partial charge in [-0.15, -0.1) is 4.31 Å². The number of benzene rings is 2. The van der Waals surface area contributed by atoms with Gasteiger partial charge in [0, 0.05) is 13.1 Å². The van der Waals surface area contributed by atoms with E-state index in [2.05, 4.69) is 0 Å². The van der Waals surface area contributed by atoms with Crippen molar-refractivity contribution in [2.75, 3.05) is 18.5 Å². The van der Waals surface area contributed by atoms with E-state index in [4.69, 9.17) is 4.74 Å². The number of hydrogen-bond donors (Lipinski definition) is 0. The van der Waals surface area contributed by atoms with Crippen LogP contribution in [0, 0.1) is 11.6 Å². The molecule has 0 aliphatic carbocycles. The van der Waals surface area contributed by atoms with Crippen LogP contribution in [-0.2, 0) is 29.4 Å². The average Bonchev–Trinajstić information content (AvgIpc) is 2.57. The number of anilines is 1. The molecule has 2 aromatic carbocycles. The predicted molar refractivity (Wildman–Crippen MR) is 89.9 cm³/mol. The number of fused-ring (bicyclic) bond motifs is 1. The number of esters is 1. The second kappa shape index (κ2) is 6.99. The molecule has 1 aliphatic rings. The highest BCUT2D eigenvalue weighted by atomic mass is 32.2. The number of nitrogens with zero attached hydrogens (tertiary/aromatic N) is 2.